The molecule has 3 rings (SSSR count). The predicted octanol–water partition coefficient (Wildman–Crippen LogP) is 1.61. The Morgan fingerprint density at radius 1 is 1.31 bits per heavy atom. The van der Waals surface area contributed by atoms with Crippen LogP contribution in [0.2, 0.25) is 0 Å². The normalized spacial score (nSPS) is 11.5. The van der Waals surface area contributed by atoms with Gasteiger partial charge < -0.3 is 10.2 Å². The van der Waals surface area contributed by atoms with Gasteiger partial charge in [-0.2, -0.15) is 0 Å². The molecule has 134 valence electrons. The van der Waals surface area contributed by atoms with Gasteiger partial charge >= 0.3 is 0 Å². The van der Waals surface area contributed by atoms with E-state index in [-0.39, 0.29) is 5.91 Å². The molecule has 0 saturated heterocycles. The van der Waals surface area contributed by atoms with Gasteiger partial charge in [-0.15, -0.1) is 5.10 Å². The third-order valence-corrected chi connectivity index (χ3v) is 3.78. The van der Waals surface area contributed by atoms with Crippen molar-refractivity contribution < 1.29 is 4.79 Å². The first-order valence-electron chi connectivity index (χ1n) is 8.42. The van der Waals surface area contributed by atoms with Crippen LogP contribution in [0.5, 0.6) is 0 Å². The number of pyridine rings is 1. The lowest BCUT2D eigenvalue weighted by Gasteiger charge is -2.04. The molecule has 0 fully saturated rings. The maximum absolute atomic E-state index is 11.7. The molecule has 7 heteroatoms. The maximum atomic E-state index is 11.7. The molecule has 0 bridgehead atoms. The molecule has 0 aliphatic heterocycles. The molecule has 0 atom stereocenters. The van der Waals surface area contributed by atoms with Gasteiger partial charge in [0.2, 0.25) is 5.91 Å². The molecule has 1 aromatic carbocycles. The van der Waals surface area contributed by atoms with E-state index in [1.807, 2.05) is 55.5 Å². The van der Waals surface area contributed by atoms with Gasteiger partial charge in [0, 0.05) is 24.2 Å². The minimum Gasteiger partial charge on any atom is -0.347 e. The highest BCUT2D eigenvalue weighted by atomic mass is 16.1. The molecular formula is C19H22N6O. The second kappa shape index (κ2) is 8.35. The minimum atomic E-state index is -0.136. The molecule has 0 saturated carbocycles. The largest absolute Gasteiger partial charge is 0.347 e. The number of carbonyl (C=O) groups is 1. The number of nitrogens with one attached hydrogen (secondary N) is 1. The first-order valence-corrected chi connectivity index (χ1v) is 8.42. The van der Waals surface area contributed by atoms with Crippen molar-refractivity contribution in [2.75, 3.05) is 20.6 Å². The minimum absolute atomic E-state index is 0.136. The number of nitrogens with zero attached hydrogens (tertiary/aromatic N) is 5. The molecule has 3 aromatic rings. The highest BCUT2D eigenvalue weighted by Gasteiger charge is 2.04. The lowest BCUT2D eigenvalue weighted by Crippen LogP contribution is -2.21. The molecule has 1 amide bonds. The maximum Gasteiger partial charge on any atom is 0.244 e. The van der Waals surface area contributed by atoms with Crippen LogP contribution in [-0.2, 0) is 17.9 Å². The molecule has 26 heavy (non-hydrogen) atoms. The third kappa shape index (κ3) is 4.97. The van der Waals surface area contributed by atoms with Crippen LogP contribution in [-0.4, -0.2) is 51.4 Å². The van der Waals surface area contributed by atoms with Gasteiger partial charge in [-0.25, -0.2) is 4.68 Å². The smallest absolute Gasteiger partial charge is 0.244 e. The summed E-state index contributed by atoms with van der Waals surface area (Å²) >= 11 is 0. The fourth-order valence-corrected chi connectivity index (χ4v) is 2.51. The van der Waals surface area contributed by atoms with Crippen molar-refractivity contribution >= 4 is 16.8 Å². The van der Waals surface area contributed by atoms with Crippen LogP contribution in [0.15, 0.2) is 54.9 Å². The Hall–Kier alpha value is -3.06. The van der Waals surface area contributed by atoms with Gasteiger partial charge in [-0.3, -0.25) is 9.78 Å². The Kier molecular flexibility index (Phi) is 5.70. The summed E-state index contributed by atoms with van der Waals surface area (Å²) in [5.74, 6) is -0.136. The van der Waals surface area contributed by atoms with Crippen molar-refractivity contribution in [2.24, 2.45) is 0 Å². The summed E-state index contributed by atoms with van der Waals surface area (Å²) in [6.07, 6.45) is 6.99. The van der Waals surface area contributed by atoms with Gasteiger partial charge in [-0.05, 0) is 37.9 Å². The van der Waals surface area contributed by atoms with E-state index in [4.69, 9.17) is 0 Å². The zero-order valence-electron chi connectivity index (χ0n) is 15.0. The lowest BCUT2D eigenvalue weighted by atomic mass is 10.1. The fourth-order valence-electron chi connectivity index (χ4n) is 2.51. The van der Waals surface area contributed by atoms with Gasteiger partial charge in [0.25, 0.3) is 0 Å². The number of aromatic nitrogens is 4. The Balaban J connectivity index is 1.55. The molecule has 0 aliphatic carbocycles. The second-order valence-corrected chi connectivity index (χ2v) is 6.32. The summed E-state index contributed by atoms with van der Waals surface area (Å²) in [4.78, 5) is 18.0. The number of rotatable bonds is 7. The number of carbonyl (C=O) groups excluding carboxylic acids is 1. The first-order chi connectivity index (χ1) is 12.6. The zero-order chi connectivity index (χ0) is 18.4. The molecule has 0 radical (unpaired) electrons. The lowest BCUT2D eigenvalue weighted by molar-refractivity contribution is -0.116. The summed E-state index contributed by atoms with van der Waals surface area (Å²) < 4.78 is 1.76. The van der Waals surface area contributed by atoms with Gasteiger partial charge in [-0.1, -0.05) is 23.4 Å². The van der Waals surface area contributed by atoms with Gasteiger partial charge in [0.1, 0.15) is 5.69 Å². The SMILES string of the molecule is CN(C)C/C=C/C(=O)NCc1cn(Cc2ccc3ncccc3c2)nn1. The first kappa shape index (κ1) is 17.8. The van der Waals surface area contributed by atoms with E-state index in [2.05, 4.69) is 26.7 Å². The van der Waals surface area contributed by atoms with Gasteiger partial charge in [0.05, 0.1) is 24.8 Å². The molecule has 0 spiro atoms. The number of fused-ring (bicyclic) bond motifs is 1. The Morgan fingerprint density at radius 2 is 2.19 bits per heavy atom. The van der Waals surface area contributed by atoms with Crippen molar-refractivity contribution in [1.29, 1.82) is 0 Å². The van der Waals surface area contributed by atoms with Crippen molar-refractivity contribution in [3.05, 3.63) is 66.1 Å². The summed E-state index contributed by atoms with van der Waals surface area (Å²) in [5.41, 5.74) is 2.82. The van der Waals surface area contributed by atoms with E-state index in [9.17, 15) is 4.79 Å². The quantitative estimate of drug-likeness (QED) is 0.655. The number of hydrogen-bond acceptors (Lipinski definition) is 5. The van der Waals surface area contributed by atoms with E-state index in [0.717, 1.165) is 28.7 Å². The second-order valence-electron chi connectivity index (χ2n) is 6.32. The molecule has 2 heterocycles. The average molecular weight is 350 g/mol. The van der Waals surface area contributed by atoms with E-state index in [0.29, 0.717) is 13.1 Å². The van der Waals surface area contributed by atoms with Crippen LogP contribution in [0.1, 0.15) is 11.3 Å². The number of hydrogen-bond donors (Lipinski definition) is 1. The highest BCUT2D eigenvalue weighted by molar-refractivity contribution is 5.87. The Morgan fingerprint density at radius 3 is 3.04 bits per heavy atom. The number of likely N-dealkylation sites (N-methyl/N-ethyl adjacent to an activating group) is 1. The van der Waals surface area contributed by atoms with Crippen molar-refractivity contribution in [1.82, 2.24) is 30.2 Å². The predicted molar refractivity (Wildman–Crippen MR) is 100 cm³/mol. The van der Waals surface area contributed by atoms with Crippen molar-refractivity contribution in [3.63, 3.8) is 0 Å². The summed E-state index contributed by atoms with van der Waals surface area (Å²) in [5, 5.41) is 12.1. The van der Waals surface area contributed by atoms with E-state index < -0.39 is 0 Å². The number of benzene rings is 1. The van der Waals surface area contributed by atoms with Crippen LogP contribution in [0.4, 0.5) is 0 Å². The molecule has 0 unspecified atom stereocenters. The Bertz CT molecular complexity index is 915. The molecule has 1 N–H and O–H groups in total. The van der Waals surface area contributed by atoms with Crippen LogP contribution in [0.25, 0.3) is 10.9 Å². The molecular weight excluding hydrogens is 328 g/mol. The van der Waals surface area contributed by atoms with E-state index in [1.165, 1.54) is 6.08 Å². The summed E-state index contributed by atoms with van der Waals surface area (Å²) in [7, 11) is 3.90. The van der Waals surface area contributed by atoms with Crippen LogP contribution in [0, 0.1) is 0 Å². The van der Waals surface area contributed by atoms with Crippen molar-refractivity contribution in [3.8, 4) is 0 Å². The summed E-state index contributed by atoms with van der Waals surface area (Å²) in [6, 6.07) is 10.1. The summed E-state index contributed by atoms with van der Waals surface area (Å²) in [6.45, 7) is 1.70. The highest BCUT2D eigenvalue weighted by Crippen LogP contribution is 2.14. The monoisotopic (exact) mass is 350 g/mol. The van der Waals surface area contributed by atoms with Crippen molar-refractivity contribution in [2.45, 2.75) is 13.1 Å². The molecule has 7 nitrogen and oxygen atoms in total. The average Bonchev–Trinajstić information content (AvgIpc) is 3.07. The molecule has 2 aromatic heterocycles. The Labute approximate surface area is 152 Å². The van der Waals surface area contributed by atoms with Gasteiger partial charge in [0.15, 0.2) is 0 Å². The van der Waals surface area contributed by atoms with E-state index >= 15 is 0 Å². The standard InChI is InChI=1S/C19H22N6O/c1-24(2)10-4-6-19(26)21-12-17-14-25(23-22-17)13-15-7-8-18-16(11-15)5-3-9-20-18/h3-9,11,14H,10,12-13H2,1-2H3,(H,21,26)/b6-4+. The fraction of sp³-hybridized carbons (Fsp3) is 0.263. The van der Waals surface area contributed by atoms with Crippen LogP contribution >= 0.6 is 0 Å². The van der Waals surface area contributed by atoms with E-state index in [1.54, 1.807) is 10.9 Å². The van der Waals surface area contributed by atoms with Crippen LogP contribution < -0.4 is 5.32 Å². The molecule has 0 aliphatic rings. The third-order valence-electron chi connectivity index (χ3n) is 3.78. The van der Waals surface area contributed by atoms with Crippen LogP contribution in [0.3, 0.4) is 0 Å². The number of amides is 1. The zero-order valence-corrected chi connectivity index (χ0v) is 15.0. The topological polar surface area (TPSA) is 75.9 Å².